The Morgan fingerprint density at radius 2 is 1.77 bits per heavy atom. The number of hydrogen-bond donors (Lipinski definition) is 1. The zero-order valence-electron chi connectivity index (χ0n) is 23.0. The minimum atomic E-state index is -0.991. The van der Waals surface area contributed by atoms with Crippen LogP contribution < -0.4 is 5.56 Å². The lowest BCUT2D eigenvalue weighted by Crippen LogP contribution is -2.47. The summed E-state index contributed by atoms with van der Waals surface area (Å²) in [6, 6.07) is 8.44. The molecule has 39 heavy (non-hydrogen) atoms. The zero-order valence-corrected chi connectivity index (χ0v) is 23.0. The number of piperidine rings is 2. The molecule has 2 fully saturated rings. The molecular weight excluding hydrogens is 501 g/mol. The summed E-state index contributed by atoms with van der Waals surface area (Å²) in [5.41, 5.74) is -0.00847. The van der Waals surface area contributed by atoms with Crippen molar-refractivity contribution < 1.29 is 19.0 Å². The number of nitrogens with zero attached hydrogens (tertiary/aromatic N) is 5. The smallest absolute Gasteiger partial charge is 0.410 e. The number of aliphatic hydroxyl groups is 1. The molecule has 2 aliphatic heterocycles. The molecule has 0 radical (unpaired) electrons. The molecule has 4 heterocycles. The molecule has 1 N–H and O–H groups in total. The normalized spacial score (nSPS) is 18.9. The first-order chi connectivity index (χ1) is 18.5. The van der Waals surface area contributed by atoms with Gasteiger partial charge in [-0.1, -0.05) is 12.1 Å². The number of fused-ring (bicyclic) bond motifs is 1. The fourth-order valence-corrected chi connectivity index (χ4v) is 5.58. The molecule has 2 saturated heterocycles. The molecule has 5 rings (SSSR count). The summed E-state index contributed by atoms with van der Waals surface area (Å²) in [7, 11) is 0. The lowest BCUT2D eigenvalue weighted by Gasteiger charge is -2.38. The Labute approximate surface area is 227 Å². The van der Waals surface area contributed by atoms with Gasteiger partial charge in [0.15, 0.2) is 0 Å². The van der Waals surface area contributed by atoms with Gasteiger partial charge in [0, 0.05) is 45.0 Å². The lowest BCUT2D eigenvalue weighted by molar-refractivity contribution is -0.0365. The summed E-state index contributed by atoms with van der Waals surface area (Å²) in [4.78, 5) is 34.3. The van der Waals surface area contributed by atoms with Gasteiger partial charge in [-0.2, -0.15) is 0 Å². The Morgan fingerprint density at radius 1 is 1.10 bits per heavy atom. The van der Waals surface area contributed by atoms with Crippen LogP contribution in [0.15, 0.2) is 47.7 Å². The van der Waals surface area contributed by atoms with E-state index in [1.807, 2.05) is 31.5 Å². The molecule has 0 bridgehead atoms. The number of hydrogen-bond acceptors (Lipinski definition) is 6. The van der Waals surface area contributed by atoms with Gasteiger partial charge in [0.2, 0.25) is 0 Å². The number of aromatic nitrogens is 3. The maximum atomic E-state index is 13.3. The number of ether oxygens (including phenoxy) is 1. The monoisotopic (exact) mass is 539 g/mol. The van der Waals surface area contributed by atoms with Gasteiger partial charge < -0.3 is 19.3 Å². The van der Waals surface area contributed by atoms with E-state index in [4.69, 9.17) is 4.74 Å². The summed E-state index contributed by atoms with van der Waals surface area (Å²) < 4.78 is 22.2. The van der Waals surface area contributed by atoms with Crippen LogP contribution in [0, 0.1) is 5.82 Å². The lowest BCUT2D eigenvalue weighted by atomic mass is 9.91. The highest BCUT2D eigenvalue weighted by molar-refractivity contribution is 5.75. The van der Waals surface area contributed by atoms with Crippen molar-refractivity contribution in [3.8, 4) is 0 Å². The molecule has 2 aliphatic rings. The van der Waals surface area contributed by atoms with Crippen LogP contribution in [0.2, 0.25) is 0 Å². The second kappa shape index (κ2) is 10.7. The van der Waals surface area contributed by atoms with Crippen LogP contribution in [0.5, 0.6) is 0 Å². The van der Waals surface area contributed by atoms with Crippen LogP contribution in [0.25, 0.3) is 11.0 Å². The fourth-order valence-electron chi connectivity index (χ4n) is 5.58. The minimum absolute atomic E-state index is 0.138. The molecule has 2 aromatic heterocycles. The molecule has 0 saturated carbocycles. The van der Waals surface area contributed by atoms with Gasteiger partial charge >= 0.3 is 6.09 Å². The van der Waals surface area contributed by atoms with Crippen LogP contribution in [-0.2, 0) is 17.8 Å². The molecule has 0 atom stereocenters. The van der Waals surface area contributed by atoms with E-state index in [9.17, 15) is 19.1 Å². The second-order valence-corrected chi connectivity index (χ2v) is 12.0. The maximum Gasteiger partial charge on any atom is 0.410 e. The quantitative estimate of drug-likeness (QED) is 0.528. The van der Waals surface area contributed by atoms with E-state index >= 15 is 0 Å². The highest BCUT2D eigenvalue weighted by Gasteiger charge is 2.34. The summed E-state index contributed by atoms with van der Waals surface area (Å²) >= 11 is 0. The van der Waals surface area contributed by atoms with Gasteiger partial charge in [0.05, 0.1) is 17.5 Å². The summed E-state index contributed by atoms with van der Waals surface area (Å²) in [6.07, 6.45) is 5.73. The molecule has 0 aliphatic carbocycles. The van der Waals surface area contributed by atoms with Crippen LogP contribution in [0.1, 0.15) is 58.1 Å². The van der Waals surface area contributed by atoms with Crippen molar-refractivity contribution in [2.24, 2.45) is 0 Å². The first kappa shape index (κ1) is 27.3. The van der Waals surface area contributed by atoms with Crippen molar-refractivity contribution in [1.29, 1.82) is 0 Å². The number of rotatable bonds is 5. The summed E-state index contributed by atoms with van der Waals surface area (Å²) in [5.74, 6) is -0.248. The van der Waals surface area contributed by atoms with Gasteiger partial charge in [-0.3, -0.25) is 14.3 Å². The van der Waals surface area contributed by atoms with Gasteiger partial charge in [-0.15, -0.1) is 0 Å². The van der Waals surface area contributed by atoms with E-state index < -0.39 is 11.2 Å². The van der Waals surface area contributed by atoms with E-state index in [-0.39, 0.29) is 30.1 Å². The van der Waals surface area contributed by atoms with Crippen molar-refractivity contribution in [2.45, 2.75) is 76.8 Å². The Morgan fingerprint density at radius 3 is 2.41 bits per heavy atom. The summed E-state index contributed by atoms with van der Waals surface area (Å²) in [5, 5.41) is 11.8. The van der Waals surface area contributed by atoms with Crippen LogP contribution in [0.4, 0.5) is 9.18 Å². The Balaban J connectivity index is 1.21. The predicted octanol–water partition coefficient (Wildman–Crippen LogP) is 3.94. The van der Waals surface area contributed by atoms with Crippen LogP contribution in [-0.4, -0.2) is 72.5 Å². The average Bonchev–Trinajstić information content (AvgIpc) is 3.33. The van der Waals surface area contributed by atoms with Crippen molar-refractivity contribution in [2.75, 3.05) is 26.2 Å². The minimum Gasteiger partial charge on any atom is -0.444 e. The van der Waals surface area contributed by atoms with Crippen molar-refractivity contribution in [3.63, 3.8) is 0 Å². The maximum absolute atomic E-state index is 13.3. The van der Waals surface area contributed by atoms with E-state index in [1.165, 1.54) is 16.7 Å². The van der Waals surface area contributed by atoms with E-state index in [2.05, 4.69) is 9.88 Å². The van der Waals surface area contributed by atoms with Gasteiger partial charge in [0.1, 0.15) is 23.4 Å². The van der Waals surface area contributed by atoms with E-state index in [0.29, 0.717) is 56.6 Å². The number of carbonyl (C=O) groups is 1. The predicted molar refractivity (Wildman–Crippen MR) is 146 cm³/mol. The molecule has 210 valence electrons. The molecule has 9 nitrogen and oxygen atoms in total. The number of halogens is 1. The van der Waals surface area contributed by atoms with Gasteiger partial charge in [-0.25, -0.2) is 14.2 Å². The van der Waals surface area contributed by atoms with Crippen molar-refractivity contribution in [3.05, 3.63) is 64.6 Å². The van der Waals surface area contributed by atoms with Gasteiger partial charge in [0.25, 0.3) is 5.56 Å². The molecule has 0 spiro atoms. The third-order valence-electron chi connectivity index (χ3n) is 7.78. The number of carbonyl (C=O) groups excluding carboxylic acids is 1. The number of amides is 1. The fraction of sp³-hybridized carbons (Fsp3) is 0.552. The molecular formula is C29H38FN5O4. The highest BCUT2D eigenvalue weighted by atomic mass is 19.1. The number of benzene rings is 1. The standard InChI is InChI=1S/C29H38FN5O4/c1-28(2,3)39-27(37)33-13-8-23(9-14-33)35-15-10-24-25(35)31-20-34(26(24)36)19-29(38)11-16-32(17-12-29)18-21-4-6-22(30)7-5-21/h4-7,10,15,20,23,38H,8-9,11-14,16-19H2,1-3H3. The van der Waals surface area contributed by atoms with Crippen LogP contribution >= 0.6 is 0 Å². The number of likely N-dealkylation sites (tertiary alicyclic amines) is 2. The highest BCUT2D eigenvalue weighted by Crippen LogP contribution is 2.28. The third-order valence-corrected chi connectivity index (χ3v) is 7.78. The Kier molecular flexibility index (Phi) is 7.52. The zero-order chi connectivity index (χ0) is 27.8. The second-order valence-electron chi connectivity index (χ2n) is 12.0. The first-order valence-corrected chi connectivity index (χ1v) is 13.7. The molecule has 1 amide bonds. The Bertz CT molecular complexity index is 1360. The molecule has 0 unspecified atom stereocenters. The van der Waals surface area contributed by atoms with Crippen molar-refractivity contribution >= 4 is 17.1 Å². The molecule has 1 aromatic carbocycles. The third kappa shape index (κ3) is 6.33. The first-order valence-electron chi connectivity index (χ1n) is 13.7. The van der Waals surface area contributed by atoms with Gasteiger partial charge in [-0.05, 0) is 70.2 Å². The summed E-state index contributed by atoms with van der Waals surface area (Å²) in [6.45, 7) is 9.03. The van der Waals surface area contributed by atoms with E-state index in [0.717, 1.165) is 18.4 Å². The van der Waals surface area contributed by atoms with Crippen LogP contribution in [0.3, 0.4) is 0 Å². The van der Waals surface area contributed by atoms with E-state index in [1.54, 1.807) is 29.4 Å². The average molecular weight is 540 g/mol. The largest absolute Gasteiger partial charge is 0.444 e. The SMILES string of the molecule is CC(C)(C)OC(=O)N1CCC(n2ccc3c(=O)n(CC4(O)CCN(Cc5ccc(F)cc5)CC4)cnc32)CC1. The molecule has 3 aromatic rings. The molecule has 10 heteroatoms. The Hall–Kier alpha value is -3.24. The van der Waals surface area contributed by atoms with Crippen molar-refractivity contribution in [1.82, 2.24) is 23.9 Å². The topological polar surface area (TPSA) is 92.8 Å².